The first-order valence-electron chi connectivity index (χ1n) is 7.37. The number of hydrogen-bond donors (Lipinski definition) is 2. The van der Waals surface area contributed by atoms with Crippen molar-refractivity contribution in [1.29, 1.82) is 0 Å². The highest BCUT2D eigenvalue weighted by atomic mass is 16.5. The van der Waals surface area contributed by atoms with E-state index in [0.717, 1.165) is 16.3 Å². The van der Waals surface area contributed by atoms with E-state index in [2.05, 4.69) is 10.5 Å². The molecule has 5 nitrogen and oxygen atoms in total. The van der Waals surface area contributed by atoms with Crippen molar-refractivity contribution in [3.63, 3.8) is 0 Å². The molecule has 1 amide bonds. The van der Waals surface area contributed by atoms with Crippen molar-refractivity contribution in [2.24, 2.45) is 5.10 Å². The van der Waals surface area contributed by atoms with Crippen molar-refractivity contribution in [3.05, 3.63) is 71.8 Å². The van der Waals surface area contributed by atoms with Crippen LogP contribution in [-0.4, -0.2) is 24.3 Å². The molecular formula is C19H16N2O3. The molecule has 0 fully saturated rings. The van der Waals surface area contributed by atoms with E-state index in [0.29, 0.717) is 11.3 Å². The number of carbonyl (C=O) groups is 1. The maximum absolute atomic E-state index is 12.0. The van der Waals surface area contributed by atoms with Gasteiger partial charge in [0.15, 0.2) is 0 Å². The van der Waals surface area contributed by atoms with Crippen molar-refractivity contribution >= 4 is 22.9 Å². The van der Waals surface area contributed by atoms with E-state index in [4.69, 9.17) is 4.74 Å². The third-order valence-electron chi connectivity index (χ3n) is 3.66. The molecule has 0 heterocycles. The van der Waals surface area contributed by atoms with Crippen LogP contribution < -0.4 is 10.2 Å². The van der Waals surface area contributed by atoms with E-state index < -0.39 is 0 Å². The smallest absolute Gasteiger partial charge is 0.271 e. The highest BCUT2D eigenvalue weighted by Gasteiger charge is 2.05. The first-order valence-corrected chi connectivity index (χ1v) is 7.37. The van der Waals surface area contributed by atoms with E-state index >= 15 is 0 Å². The summed E-state index contributed by atoms with van der Waals surface area (Å²) in [7, 11) is 1.57. The Hall–Kier alpha value is -3.34. The lowest BCUT2D eigenvalue weighted by atomic mass is 10.0. The maximum atomic E-state index is 12.0. The van der Waals surface area contributed by atoms with Crippen molar-refractivity contribution in [2.45, 2.75) is 0 Å². The third kappa shape index (κ3) is 3.20. The van der Waals surface area contributed by atoms with Gasteiger partial charge >= 0.3 is 0 Å². The van der Waals surface area contributed by atoms with Crippen molar-refractivity contribution in [2.75, 3.05) is 7.11 Å². The minimum atomic E-state index is -0.308. The van der Waals surface area contributed by atoms with Gasteiger partial charge in [-0.05, 0) is 41.8 Å². The first kappa shape index (κ1) is 15.6. The van der Waals surface area contributed by atoms with Gasteiger partial charge in [-0.3, -0.25) is 4.79 Å². The van der Waals surface area contributed by atoms with Crippen LogP contribution >= 0.6 is 0 Å². The second-order valence-electron chi connectivity index (χ2n) is 5.15. The van der Waals surface area contributed by atoms with Crippen LogP contribution in [0.4, 0.5) is 0 Å². The van der Waals surface area contributed by atoms with Crippen molar-refractivity contribution < 1.29 is 14.6 Å². The fraction of sp³-hybridized carbons (Fsp3) is 0.0526. The summed E-state index contributed by atoms with van der Waals surface area (Å²) in [5.41, 5.74) is 3.78. The number of amides is 1. The Labute approximate surface area is 139 Å². The molecule has 0 aromatic heterocycles. The summed E-state index contributed by atoms with van der Waals surface area (Å²) in [4.78, 5) is 12.0. The summed E-state index contributed by atoms with van der Waals surface area (Å²) in [6, 6.07) is 17.6. The molecule has 0 saturated carbocycles. The SMILES string of the molecule is COc1ccc(C(=O)N/N=C/c2ccc(O)c3ccccc23)cc1. The fourth-order valence-electron chi connectivity index (χ4n) is 2.39. The van der Waals surface area contributed by atoms with Gasteiger partial charge < -0.3 is 9.84 Å². The summed E-state index contributed by atoms with van der Waals surface area (Å²) < 4.78 is 5.06. The zero-order valence-corrected chi connectivity index (χ0v) is 13.1. The normalized spacial score (nSPS) is 10.9. The number of hydrogen-bond acceptors (Lipinski definition) is 4. The van der Waals surface area contributed by atoms with Gasteiger partial charge in [-0.1, -0.05) is 24.3 Å². The number of fused-ring (bicyclic) bond motifs is 1. The Morgan fingerprint density at radius 1 is 1.04 bits per heavy atom. The molecular weight excluding hydrogens is 304 g/mol. The monoisotopic (exact) mass is 320 g/mol. The van der Waals surface area contributed by atoms with Crippen LogP contribution in [0.1, 0.15) is 15.9 Å². The van der Waals surface area contributed by atoms with E-state index in [9.17, 15) is 9.90 Å². The molecule has 0 spiro atoms. The van der Waals surface area contributed by atoms with Crippen molar-refractivity contribution in [1.82, 2.24) is 5.43 Å². The number of methoxy groups -OCH3 is 1. The molecule has 2 N–H and O–H groups in total. The van der Waals surface area contributed by atoms with Crippen LogP contribution in [-0.2, 0) is 0 Å². The molecule has 0 atom stereocenters. The topological polar surface area (TPSA) is 70.9 Å². The standard InChI is InChI=1S/C19H16N2O3/c1-24-15-9-6-13(7-10-15)19(23)21-20-12-14-8-11-18(22)17-5-3-2-4-16(14)17/h2-12,22H,1H3,(H,21,23)/b20-12+. The number of rotatable bonds is 4. The van der Waals surface area contributed by atoms with Gasteiger partial charge in [-0.25, -0.2) is 5.43 Å². The largest absolute Gasteiger partial charge is 0.507 e. The number of hydrazone groups is 1. The number of nitrogens with one attached hydrogen (secondary N) is 1. The average molecular weight is 320 g/mol. The zero-order chi connectivity index (χ0) is 16.9. The molecule has 24 heavy (non-hydrogen) atoms. The average Bonchev–Trinajstić information content (AvgIpc) is 2.64. The molecule has 0 unspecified atom stereocenters. The molecule has 3 aromatic rings. The minimum absolute atomic E-state index is 0.213. The molecule has 0 aliphatic heterocycles. The van der Waals surface area contributed by atoms with E-state index in [-0.39, 0.29) is 11.7 Å². The molecule has 120 valence electrons. The highest BCUT2D eigenvalue weighted by molar-refractivity contribution is 6.02. The van der Waals surface area contributed by atoms with Crippen molar-refractivity contribution in [3.8, 4) is 11.5 Å². The first-order chi connectivity index (χ1) is 11.7. The van der Waals surface area contributed by atoms with Crippen LogP contribution in [0, 0.1) is 0 Å². The Bertz CT molecular complexity index is 902. The Kier molecular flexibility index (Phi) is 4.43. The van der Waals surface area contributed by atoms with Crippen LogP contribution in [0.2, 0.25) is 0 Å². The lowest BCUT2D eigenvalue weighted by Gasteiger charge is -2.04. The number of nitrogens with zero attached hydrogens (tertiary/aromatic N) is 1. The Balaban J connectivity index is 1.76. The molecule has 5 heteroatoms. The van der Waals surface area contributed by atoms with Crippen LogP contribution in [0.25, 0.3) is 10.8 Å². The molecule has 0 aliphatic rings. The van der Waals surface area contributed by atoms with E-state index in [1.165, 1.54) is 0 Å². The number of carbonyl (C=O) groups excluding carboxylic acids is 1. The predicted octanol–water partition coefficient (Wildman–Crippen LogP) is 3.32. The van der Waals surface area contributed by atoms with Crippen LogP contribution in [0.3, 0.4) is 0 Å². The second-order valence-corrected chi connectivity index (χ2v) is 5.15. The Morgan fingerprint density at radius 3 is 2.46 bits per heavy atom. The van der Waals surface area contributed by atoms with Gasteiger partial charge in [0.25, 0.3) is 5.91 Å². The van der Waals surface area contributed by atoms with Gasteiger partial charge in [-0.2, -0.15) is 5.10 Å². The highest BCUT2D eigenvalue weighted by Crippen LogP contribution is 2.26. The summed E-state index contributed by atoms with van der Waals surface area (Å²) in [6.07, 6.45) is 1.56. The minimum Gasteiger partial charge on any atom is -0.507 e. The van der Waals surface area contributed by atoms with E-state index in [1.54, 1.807) is 49.7 Å². The number of ether oxygens (including phenoxy) is 1. The predicted molar refractivity (Wildman–Crippen MR) is 93.7 cm³/mol. The third-order valence-corrected chi connectivity index (χ3v) is 3.66. The quantitative estimate of drug-likeness (QED) is 0.572. The molecule has 3 rings (SSSR count). The van der Waals surface area contributed by atoms with Gasteiger partial charge in [0, 0.05) is 16.5 Å². The summed E-state index contributed by atoms with van der Waals surface area (Å²) in [5, 5.41) is 15.5. The summed E-state index contributed by atoms with van der Waals surface area (Å²) in [5.74, 6) is 0.590. The van der Waals surface area contributed by atoms with Gasteiger partial charge in [0.05, 0.1) is 13.3 Å². The van der Waals surface area contributed by atoms with Gasteiger partial charge in [0.1, 0.15) is 11.5 Å². The molecule has 3 aromatic carbocycles. The van der Waals surface area contributed by atoms with Crippen LogP contribution in [0.5, 0.6) is 11.5 Å². The number of phenols is 1. The second kappa shape index (κ2) is 6.83. The van der Waals surface area contributed by atoms with Gasteiger partial charge in [-0.15, -0.1) is 0 Å². The fourth-order valence-corrected chi connectivity index (χ4v) is 2.39. The van der Waals surface area contributed by atoms with Crippen LogP contribution in [0.15, 0.2) is 65.8 Å². The lowest BCUT2D eigenvalue weighted by molar-refractivity contribution is 0.0955. The molecule has 0 saturated heterocycles. The number of benzene rings is 3. The van der Waals surface area contributed by atoms with Gasteiger partial charge in [0.2, 0.25) is 0 Å². The molecule has 0 bridgehead atoms. The summed E-state index contributed by atoms with van der Waals surface area (Å²) >= 11 is 0. The number of aromatic hydroxyl groups is 1. The maximum Gasteiger partial charge on any atom is 0.271 e. The number of phenolic OH excluding ortho intramolecular Hbond substituents is 1. The molecule has 0 radical (unpaired) electrons. The van der Waals surface area contributed by atoms with E-state index in [1.807, 2.05) is 24.3 Å². The Morgan fingerprint density at radius 2 is 1.75 bits per heavy atom. The lowest BCUT2D eigenvalue weighted by Crippen LogP contribution is -2.17. The molecule has 0 aliphatic carbocycles. The zero-order valence-electron chi connectivity index (χ0n) is 13.1. The summed E-state index contributed by atoms with van der Waals surface area (Å²) in [6.45, 7) is 0.